The summed E-state index contributed by atoms with van der Waals surface area (Å²) < 4.78 is 2.08. The van der Waals surface area contributed by atoms with Gasteiger partial charge in [0.05, 0.1) is 5.69 Å². The third kappa shape index (κ3) is 3.09. The minimum absolute atomic E-state index is 0.0993. The summed E-state index contributed by atoms with van der Waals surface area (Å²) in [5.41, 5.74) is 7.37. The van der Waals surface area contributed by atoms with E-state index in [1.165, 1.54) is 4.57 Å². The van der Waals surface area contributed by atoms with Crippen LogP contribution in [0, 0.1) is 3.57 Å². The minimum atomic E-state index is -0.0993. The normalized spacial score (nSPS) is 11.1. The van der Waals surface area contributed by atoms with E-state index < -0.39 is 0 Å². The van der Waals surface area contributed by atoms with Crippen LogP contribution in [-0.2, 0) is 6.54 Å². The van der Waals surface area contributed by atoms with Crippen molar-refractivity contribution in [3.63, 3.8) is 0 Å². The monoisotopic (exact) mass is 381 g/mol. The number of halogens is 1. The fourth-order valence-corrected chi connectivity index (χ4v) is 2.58. The Balaban J connectivity index is 2.50. The van der Waals surface area contributed by atoms with E-state index in [0.29, 0.717) is 15.8 Å². The standard InChI is InChI=1S/C15H16IN3O/c1-2-3-7-10-19-14(20)12(16)13(18-15(19)17)11-8-5-4-6-9-11/h3-9H,2,10H2,1H3,(H2,17,18)/b7-3+. The first-order valence-electron chi connectivity index (χ1n) is 6.41. The van der Waals surface area contributed by atoms with Gasteiger partial charge in [0.25, 0.3) is 5.56 Å². The van der Waals surface area contributed by atoms with Crippen LogP contribution in [0.25, 0.3) is 11.3 Å². The Hall–Kier alpha value is -1.63. The maximum atomic E-state index is 12.4. The molecule has 0 aliphatic carbocycles. The number of rotatable bonds is 4. The van der Waals surface area contributed by atoms with Gasteiger partial charge >= 0.3 is 0 Å². The van der Waals surface area contributed by atoms with Crippen molar-refractivity contribution >= 4 is 28.5 Å². The number of nitrogens with zero attached hydrogens (tertiary/aromatic N) is 2. The molecule has 0 radical (unpaired) electrons. The average molecular weight is 381 g/mol. The number of benzene rings is 1. The summed E-state index contributed by atoms with van der Waals surface area (Å²) in [6.45, 7) is 2.50. The van der Waals surface area contributed by atoms with Gasteiger partial charge in [-0.1, -0.05) is 49.4 Å². The first-order chi connectivity index (χ1) is 9.65. The number of allylic oxidation sites excluding steroid dienone is 2. The fourth-order valence-electron chi connectivity index (χ4n) is 1.86. The Kier molecular flexibility index (Phi) is 4.94. The van der Waals surface area contributed by atoms with E-state index >= 15 is 0 Å². The van der Waals surface area contributed by atoms with E-state index in [4.69, 9.17) is 5.73 Å². The van der Waals surface area contributed by atoms with Crippen LogP contribution in [0.1, 0.15) is 13.3 Å². The van der Waals surface area contributed by atoms with Crippen molar-refractivity contribution < 1.29 is 0 Å². The predicted molar refractivity (Wildman–Crippen MR) is 90.5 cm³/mol. The van der Waals surface area contributed by atoms with Crippen molar-refractivity contribution in [3.05, 3.63) is 56.4 Å². The van der Waals surface area contributed by atoms with Gasteiger partial charge in [0.15, 0.2) is 0 Å². The lowest BCUT2D eigenvalue weighted by molar-refractivity contribution is 0.763. The van der Waals surface area contributed by atoms with E-state index in [1.807, 2.05) is 72.0 Å². The number of hydrogen-bond acceptors (Lipinski definition) is 3. The zero-order valence-corrected chi connectivity index (χ0v) is 13.4. The summed E-state index contributed by atoms with van der Waals surface area (Å²) in [5.74, 6) is 0.245. The average Bonchev–Trinajstić information content (AvgIpc) is 2.47. The van der Waals surface area contributed by atoms with Crippen molar-refractivity contribution in [1.82, 2.24) is 9.55 Å². The SMILES string of the molecule is CC/C=C/Cn1c(N)nc(-c2ccccc2)c(I)c1=O. The van der Waals surface area contributed by atoms with Crippen molar-refractivity contribution in [1.29, 1.82) is 0 Å². The van der Waals surface area contributed by atoms with Gasteiger partial charge in [0.2, 0.25) is 5.95 Å². The Morgan fingerprint density at radius 2 is 2.00 bits per heavy atom. The zero-order chi connectivity index (χ0) is 14.5. The third-order valence-electron chi connectivity index (χ3n) is 2.88. The van der Waals surface area contributed by atoms with E-state index in [2.05, 4.69) is 4.98 Å². The van der Waals surface area contributed by atoms with Gasteiger partial charge < -0.3 is 5.73 Å². The molecule has 1 aromatic carbocycles. The Morgan fingerprint density at radius 1 is 1.30 bits per heavy atom. The van der Waals surface area contributed by atoms with Crippen LogP contribution in [-0.4, -0.2) is 9.55 Å². The van der Waals surface area contributed by atoms with Crippen LogP contribution in [0.2, 0.25) is 0 Å². The number of nitrogen functional groups attached to an aromatic ring is 1. The first kappa shape index (κ1) is 14.8. The number of hydrogen-bond donors (Lipinski definition) is 1. The molecule has 104 valence electrons. The van der Waals surface area contributed by atoms with E-state index in [0.717, 1.165) is 12.0 Å². The summed E-state index contributed by atoms with van der Waals surface area (Å²) in [7, 11) is 0. The van der Waals surface area contributed by atoms with Gasteiger partial charge in [0, 0.05) is 12.1 Å². The molecule has 0 fully saturated rings. The Morgan fingerprint density at radius 3 is 2.65 bits per heavy atom. The number of anilines is 1. The van der Waals surface area contributed by atoms with Gasteiger partial charge in [-0.05, 0) is 29.0 Å². The van der Waals surface area contributed by atoms with E-state index in [9.17, 15) is 4.79 Å². The molecule has 0 amide bonds. The second-order valence-electron chi connectivity index (χ2n) is 4.29. The maximum Gasteiger partial charge on any atom is 0.269 e. The van der Waals surface area contributed by atoms with Gasteiger partial charge in [0.1, 0.15) is 3.57 Å². The molecule has 1 aromatic heterocycles. The molecule has 0 atom stereocenters. The van der Waals surface area contributed by atoms with Crippen molar-refractivity contribution in [2.75, 3.05) is 5.73 Å². The maximum absolute atomic E-state index is 12.4. The summed E-state index contributed by atoms with van der Waals surface area (Å²) in [5, 5.41) is 0. The van der Waals surface area contributed by atoms with E-state index in [1.54, 1.807) is 0 Å². The summed E-state index contributed by atoms with van der Waals surface area (Å²) >= 11 is 2.04. The Bertz CT molecular complexity index is 678. The molecule has 4 nitrogen and oxygen atoms in total. The second-order valence-corrected chi connectivity index (χ2v) is 5.37. The second kappa shape index (κ2) is 6.69. The molecule has 2 N–H and O–H groups in total. The van der Waals surface area contributed by atoms with Crippen molar-refractivity contribution in [2.24, 2.45) is 0 Å². The lowest BCUT2D eigenvalue weighted by Gasteiger charge is -2.10. The van der Waals surface area contributed by atoms with Crippen molar-refractivity contribution in [2.45, 2.75) is 19.9 Å². The highest BCUT2D eigenvalue weighted by atomic mass is 127. The van der Waals surface area contributed by atoms with Crippen LogP contribution in [0.5, 0.6) is 0 Å². The molecule has 0 aliphatic rings. The molecule has 1 heterocycles. The van der Waals surface area contributed by atoms with Crippen LogP contribution in [0.4, 0.5) is 5.95 Å². The van der Waals surface area contributed by atoms with Crippen molar-refractivity contribution in [3.8, 4) is 11.3 Å². The molecule has 0 bridgehead atoms. The largest absolute Gasteiger partial charge is 0.369 e. The molecular weight excluding hydrogens is 365 g/mol. The fraction of sp³-hybridized carbons (Fsp3) is 0.200. The van der Waals surface area contributed by atoms with E-state index in [-0.39, 0.29) is 11.5 Å². The van der Waals surface area contributed by atoms with Crippen LogP contribution < -0.4 is 11.3 Å². The molecule has 2 rings (SSSR count). The molecule has 0 saturated carbocycles. The molecule has 0 aliphatic heterocycles. The molecule has 0 unspecified atom stereocenters. The smallest absolute Gasteiger partial charge is 0.269 e. The lowest BCUT2D eigenvalue weighted by Crippen LogP contribution is -2.27. The summed E-state index contributed by atoms with van der Waals surface area (Å²) in [6.07, 6.45) is 4.86. The highest BCUT2D eigenvalue weighted by molar-refractivity contribution is 14.1. The number of aromatic nitrogens is 2. The lowest BCUT2D eigenvalue weighted by atomic mass is 10.1. The summed E-state index contributed by atoms with van der Waals surface area (Å²) in [4.78, 5) is 16.8. The van der Waals surface area contributed by atoms with Gasteiger partial charge in [-0.15, -0.1) is 0 Å². The highest BCUT2D eigenvalue weighted by Gasteiger charge is 2.13. The third-order valence-corrected chi connectivity index (χ3v) is 3.85. The van der Waals surface area contributed by atoms with Gasteiger partial charge in [-0.2, -0.15) is 0 Å². The van der Waals surface area contributed by atoms with Crippen LogP contribution >= 0.6 is 22.6 Å². The summed E-state index contributed by atoms with van der Waals surface area (Å²) in [6, 6.07) is 9.60. The van der Waals surface area contributed by atoms with Gasteiger partial charge in [-0.25, -0.2) is 4.98 Å². The molecule has 0 spiro atoms. The zero-order valence-electron chi connectivity index (χ0n) is 11.2. The Labute approximate surface area is 131 Å². The highest BCUT2D eigenvalue weighted by Crippen LogP contribution is 2.21. The molecular formula is C15H16IN3O. The molecule has 0 saturated heterocycles. The number of nitrogens with two attached hydrogens (primary N) is 1. The topological polar surface area (TPSA) is 60.9 Å². The molecule has 20 heavy (non-hydrogen) atoms. The quantitative estimate of drug-likeness (QED) is 0.654. The first-order valence-corrected chi connectivity index (χ1v) is 7.49. The van der Waals surface area contributed by atoms with Gasteiger partial charge in [-0.3, -0.25) is 9.36 Å². The predicted octanol–water partition coefficient (Wildman–Crippen LogP) is 3.06. The van der Waals surface area contributed by atoms with Crippen LogP contribution in [0.3, 0.4) is 0 Å². The molecule has 2 aromatic rings. The minimum Gasteiger partial charge on any atom is -0.369 e. The molecule has 5 heteroatoms. The van der Waals surface area contributed by atoms with Crippen LogP contribution in [0.15, 0.2) is 47.3 Å².